The molecule has 3 rings (SSSR count). The predicted octanol–water partition coefficient (Wildman–Crippen LogP) is 3.38. The molecule has 0 radical (unpaired) electrons. The minimum atomic E-state index is -4.15. The topological polar surface area (TPSA) is 49.9 Å². The highest BCUT2D eigenvalue weighted by Crippen LogP contribution is 2.26. The van der Waals surface area contributed by atoms with Crippen molar-refractivity contribution in [1.29, 1.82) is 0 Å². The SMILES string of the molecule is COc1ccc(CN2CCN(S(=O)(=O)c3cc(F)c(Br)cc3F)CC2)cc1F. The molecule has 10 heteroatoms. The third-order valence-electron chi connectivity index (χ3n) is 4.55. The molecule has 0 N–H and O–H groups in total. The number of nitrogens with zero attached hydrogens (tertiary/aromatic N) is 2. The maximum absolute atomic E-state index is 14.1. The molecule has 0 amide bonds. The summed E-state index contributed by atoms with van der Waals surface area (Å²) in [6.45, 7) is 1.45. The Balaban J connectivity index is 1.68. The molecule has 0 aliphatic carbocycles. The zero-order chi connectivity index (χ0) is 20.5. The van der Waals surface area contributed by atoms with E-state index in [1.807, 2.05) is 4.90 Å². The van der Waals surface area contributed by atoms with E-state index in [0.29, 0.717) is 25.7 Å². The number of piperazine rings is 1. The Morgan fingerprint density at radius 1 is 1.00 bits per heavy atom. The molecule has 0 unspecified atom stereocenters. The van der Waals surface area contributed by atoms with Crippen molar-refractivity contribution in [1.82, 2.24) is 9.21 Å². The van der Waals surface area contributed by atoms with Crippen LogP contribution >= 0.6 is 15.9 Å². The molecule has 2 aromatic carbocycles. The average Bonchev–Trinajstić information content (AvgIpc) is 2.65. The van der Waals surface area contributed by atoms with Crippen LogP contribution in [0.25, 0.3) is 0 Å². The van der Waals surface area contributed by atoms with Gasteiger partial charge in [-0.3, -0.25) is 4.90 Å². The van der Waals surface area contributed by atoms with Crippen LogP contribution in [-0.4, -0.2) is 50.9 Å². The first-order valence-corrected chi connectivity index (χ1v) is 10.6. The number of methoxy groups -OCH3 is 1. The van der Waals surface area contributed by atoms with Crippen LogP contribution in [0.3, 0.4) is 0 Å². The molecule has 0 atom stereocenters. The van der Waals surface area contributed by atoms with Gasteiger partial charge >= 0.3 is 0 Å². The summed E-state index contributed by atoms with van der Waals surface area (Å²) >= 11 is 2.83. The second-order valence-electron chi connectivity index (χ2n) is 6.35. The molecular weight excluding hydrogens is 461 g/mol. The van der Waals surface area contributed by atoms with Crippen LogP contribution in [0.2, 0.25) is 0 Å². The van der Waals surface area contributed by atoms with Crippen LogP contribution in [0.5, 0.6) is 5.75 Å². The van der Waals surface area contributed by atoms with Crippen molar-refractivity contribution in [2.45, 2.75) is 11.4 Å². The second-order valence-corrected chi connectivity index (χ2v) is 9.11. The molecule has 1 fully saturated rings. The summed E-state index contributed by atoms with van der Waals surface area (Å²) in [6.07, 6.45) is 0. The summed E-state index contributed by atoms with van der Waals surface area (Å²) in [6, 6.07) is 6.14. The van der Waals surface area contributed by atoms with Gasteiger partial charge in [0, 0.05) is 32.7 Å². The van der Waals surface area contributed by atoms with Gasteiger partial charge in [0.25, 0.3) is 0 Å². The van der Waals surface area contributed by atoms with Gasteiger partial charge in [-0.25, -0.2) is 21.6 Å². The average molecular weight is 479 g/mol. The third-order valence-corrected chi connectivity index (χ3v) is 7.07. The van der Waals surface area contributed by atoms with E-state index < -0.39 is 32.4 Å². The number of rotatable bonds is 5. The standard InChI is InChI=1S/C18H18BrF3N2O3S/c1-27-17-3-2-12(8-15(17)21)11-23-4-6-24(7-5-23)28(25,26)18-10-14(20)13(19)9-16(18)22/h2-3,8-10H,4-7,11H2,1H3. The molecule has 0 bridgehead atoms. The van der Waals surface area contributed by atoms with Gasteiger partial charge in [0.05, 0.1) is 11.6 Å². The third kappa shape index (κ3) is 4.35. The lowest BCUT2D eigenvalue weighted by Crippen LogP contribution is -2.48. The fourth-order valence-electron chi connectivity index (χ4n) is 3.04. The van der Waals surface area contributed by atoms with Crippen LogP contribution in [0.4, 0.5) is 13.2 Å². The van der Waals surface area contributed by atoms with E-state index in [4.69, 9.17) is 4.74 Å². The molecular formula is C18H18BrF3N2O3S. The molecule has 0 spiro atoms. The summed E-state index contributed by atoms with van der Waals surface area (Å²) in [5, 5.41) is 0. The minimum absolute atomic E-state index is 0.123. The highest BCUT2D eigenvalue weighted by Gasteiger charge is 2.31. The second kappa shape index (κ2) is 8.40. The zero-order valence-corrected chi connectivity index (χ0v) is 17.4. The first-order valence-electron chi connectivity index (χ1n) is 8.42. The fraction of sp³-hybridized carbons (Fsp3) is 0.333. The van der Waals surface area contributed by atoms with Crippen LogP contribution in [0.15, 0.2) is 39.7 Å². The van der Waals surface area contributed by atoms with Gasteiger partial charge in [0.1, 0.15) is 16.5 Å². The summed E-state index contributed by atoms with van der Waals surface area (Å²) in [5.74, 6) is -2.16. The van der Waals surface area contributed by atoms with Gasteiger partial charge in [-0.05, 0) is 45.8 Å². The van der Waals surface area contributed by atoms with Gasteiger partial charge in [-0.15, -0.1) is 0 Å². The van der Waals surface area contributed by atoms with Gasteiger partial charge in [0.2, 0.25) is 10.0 Å². The fourth-order valence-corrected chi connectivity index (χ4v) is 4.83. The molecule has 1 aliphatic heterocycles. The first-order chi connectivity index (χ1) is 13.2. The summed E-state index contributed by atoms with van der Waals surface area (Å²) in [4.78, 5) is 1.28. The molecule has 1 aliphatic rings. The lowest BCUT2D eigenvalue weighted by Gasteiger charge is -2.34. The van der Waals surface area contributed by atoms with Crippen molar-refractivity contribution in [2.75, 3.05) is 33.3 Å². The lowest BCUT2D eigenvalue weighted by atomic mass is 10.2. The molecule has 1 saturated heterocycles. The Morgan fingerprint density at radius 2 is 1.68 bits per heavy atom. The number of hydrogen-bond donors (Lipinski definition) is 0. The maximum atomic E-state index is 14.1. The number of sulfonamides is 1. The molecule has 2 aromatic rings. The van der Waals surface area contributed by atoms with E-state index in [9.17, 15) is 21.6 Å². The Hall–Kier alpha value is -1.62. The van der Waals surface area contributed by atoms with E-state index in [2.05, 4.69) is 15.9 Å². The lowest BCUT2D eigenvalue weighted by molar-refractivity contribution is 0.181. The number of hydrogen-bond acceptors (Lipinski definition) is 4. The molecule has 152 valence electrons. The van der Waals surface area contributed by atoms with Crippen LogP contribution in [-0.2, 0) is 16.6 Å². The Kier molecular flexibility index (Phi) is 6.33. The van der Waals surface area contributed by atoms with E-state index in [0.717, 1.165) is 15.9 Å². The van der Waals surface area contributed by atoms with E-state index in [-0.39, 0.29) is 23.3 Å². The van der Waals surface area contributed by atoms with E-state index in [1.54, 1.807) is 6.07 Å². The van der Waals surface area contributed by atoms with E-state index in [1.165, 1.54) is 19.2 Å². The molecule has 28 heavy (non-hydrogen) atoms. The number of ether oxygens (including phenoxy) is 1. The monoisotopic (exact) mass is 478 g/mol. The predicted molar refractivity (Wildman–Crippen MR) is 101 cm³/mol. The van der Waals surface area contributed by atoms with E-state index >= 15 is 0 Å². The normalized spacial score (nSPS) is 16.3. The molecule has 0 saturated carbocycles. The zero-order valence-electron chi connectivity index (χ0n) is 15.0. The van der Waals surface area contributed by atoms with Crippen molar-refractivity contribution < 1.29 is 26.3 Å². The Bertz CT molecular complexity index is 980. The first kappa shape index (κ1) is 21.1. The highest BCUT2D eigenvalue weighted by molar-refractivity contribution is 9.10. The van der Waals surface area contributed by atoms with Crippen molar-refractivity contribution in [3.05, 3.63) is 57.8 Å². The highest BCUT2D eigenvalue weighted by atomic mass is 79.9. The summed E-state index contributed by atoms with van der Waals surface area (Å²) in [7, 11) is -2.76. The van der Waals surface area contributed by atoms with Gasteiger partial charge in [-0.1, -0.05) is 6.07 Å². The van der Waals surface area contributed by atoms with Crippen LogP contribution in [0.1, 0.15) is 5.56 Å². The largest absolute Gasteiger partial charge is 0.494 e. The molecule has 0 aromatic heterocycles. The van der Waals surface area contributed by atoms with Crippen LogP contribution < -0.4 is 4.74 Å². The minimum Gasteiger partial charge on any atom is -0.494 e. The Morgan fingerprint density at radius 3 is 2.29 bits per heavy atom. The van der Waals surface area contributed by atoms with Crippen molar-refractivity contribution in [2.24, 2.45) is 0 Å². The Labute approximate surface area is 169 Å². The van der Waals surface area contributed by atoms with Crippen molar-refractivity contribution in [3.8, 4) is 5.75 Å². The summed E-state index contributed by atoms with van der Waals surface area (Å²) in [5.41, 5.74) is 0.732. The quantitative estimate of drug-likeness (QED) is 0.618. The van der Waals surface area contributed by atoms with Crippen molar-refractivity contribution in [3.63, 3.8) is 0 Å². The number of benzene rings is 2. The van der Waals surface area contributed by atoms with Crippen molar-refractivity contribution >= 4 is 26.0 Å². The smallest absolute Gasteiger partial charge is 0.246 e. The van der Waals surface area contributed by atoms with Gasteiger partial charge in [-0.2, -0.15) is 4.31 Å². The maximum Gasteiger partial charge on any atom is 0.246 e. The molecule has 5 nitrogen and oxygen atoms in total. The van der Waals surface area contributed by atoms with Crippen LogP contribution in [0, 0.1) is 17.5 Å². The van der Waals surface area contributed by atoms with Gasteiger partial charge in [0.15, 0.2) is 11.6 Å². The summed E-state index contributed by atoms with van der Waals surface area (Å²) < 4.78 is 72.8. The number of halogens is 4. The van der Waals surface area contributed by atoms with Gasteiger partial charge < -0.3 is 4.74 Å². The molecule has 1 heterocycles.